The Hall–Kier alpha value is -1.40. The Labute approximate surface area is 191 Å². The predicted molar refractivity (Wildman–Crippen MR) is 128 cm³/mol. The van der Waals surface area contributed by atoms with Crippen molar-refractivity contribution in [1.82, 2.24) is 15.5 Å². The van der Waals surface area contributed by atoms with Crippen molar-refractivity contribution in [3.63, 3.8) is 0 Å². The van der Waals surface area contributed by atoms with Gasteiger partial charge in [0.15, 0.2) is 5.96 Å². The number of nitrogens with one attached hydrogen (secondary N) is 2. The number of nitrogens with zero attached hydrogens (tertiary/aromatic N) is 2. The molecule has 0 spiro atoms. The molecule has 0 aliphatic rings. The van der Waals surface area contributed by atoms with Gasteiger partial charge in [0, 0.05) is 39.0 Å². The zero-order valence-electron chi connectivity index (χ0n) is 17.6. The second-order valence-corrected chi connectivity index (χ2v) is 8.84. The molecule has 0 fully saturated rings. The molecule has 0 aliphatic carbocycles. The predicted octanol–water partition coefficient (Wildman–Crippen LogP) is 1.17. The number of hydrogen-bond donors (Lipinski definition) is 2. The van der Waals surface area contributed by atoms with Crippen LogP contribution in [0.25, 0.3) is 0 Å². The highest BCUT2D eigenvalue weighted by Gasteiger charge is 2.08. The number of rotatable bonds is 11. The zero-order valence-corrected chi connectivity index (χ0v) is 20.7. The van der Waals surface area contributed by atoms with Crippen LogP contribution in [0, 0.1) is 0 Å². The average Bonchev–Trinajstić information content (AvgIpc) is 2.63. The van der Waals surface area contributed by atoms with Gasteiger partial charge in [-0.25, -0.2) is 8.42 Å². The van der Waals surface area contributed by atoms with Crippen molar-refractivity contribution in [2.45, 2.75) is 13.3 Å². The van der Waals surface area contributed by atoms with Gasteiger partial charge in [-0.05, 0) is 31.0 Å². The molecule has 8 nitrogen and oxygen atoms in total. The van der Waals surface area contributed by atoms with Gasteiger partial charge in [0.2, 0.25) is 0 Å². The number of halogens is 1. The molecule has 29 heavy (non-hydrogen) atoms. The maximum absolute atomic E-state index is 12.0. The van der Waals surface area contributed by atoms with Gasteiger partial charge in [-0.15, -0.1) is 24.0 Å². The van der Waals surface area contributed by atoms with E-state index in [9.17, 15) is 13.2 Å². The zero-order chi connectivity index (χ0) is 21.0. The van der Waals surface area contributed by atoms with Gasteiger partial charge < -0.3 is 20.3 Å². The second kappa shape index (κ2) is 14.6. The van der Waals surface area contributed by atoms with Gasteiger partial charge >= 0.3 is 0 Å². The highest BCUT2D eigenvalue weighted by molar-refractivity contribution is 14.0. The maximum atomic E-state index is 12.0. The van der Waals surface area contributed by atoms with E-state index in [1.165, 1.54) is 6.26 Å². The fourth-order valence-electron chi connectivity index (χ4n) is 2.32. The van der Waals surface area contributed by atoms with Crippen LogP contribution in [0.2, 0.25) is 0 Å². The lowest BCUT2D eigenvalue weighted by Crippen LogP contribution is -2.38. The monoisotopic (exact) mass is 540 g/mol. The van der Waals surface area contributed by atoms with Crippen LogP contribution in [0.4, 0.5) is 0 Å². The summed E-state index contributed by atoms with van der Waals surface area (Å²) < 4.78 is 27.4. The minimum Gasteiger partial charge on any atom is -0.378 e. The Morgan fingerprint density at radius 1 is 1.21 bits per heavy atom. The summed E-state index contributed by atoms with van der Waals surface area (Å²) >= 11 is 0. The molecule has 166 valence electrons. The Balaban J connectivity index is 0.00000784. The number of aliphatic imine (C=N–C) groups is 1. The number of hydrogen-bond acceptors (Lipinski definition) is 5. The van der Waals surface area contributed by atoms with Gasteiger partial charge in [0.25, 0.3) is 5.91 Å². The molecule has 0 radical (unpaired) electrons. The summed E-state index contributed by atoms with van der Waals surface area (Å²) in [4.78, 5) is 18.0. The first-order chi connectivity index (χ1) is 13.2. The Morgan fingerprint density at radius 3 is 2.55 bits per heavy atom. The molecule has 2 N–H and O–H groups in total. The molecule has 1 amide bonds. The molecule has 1 aromatic carbocycles. The molecule has 0 saturated carbocycles. The smallest absolute Gasteiger partial charge is 0.253 e. The summed E-state index contributed by atoms with van der Waals surface area (Å²) in [7, 11) is 0.476. The molecule has 1 rings (SSSR count). The number of amides is 1. The quantitative estimate of drug-likeness (QED) is 0.189. The number of carbonyl (C=O) groups excluding carboxylic acids is 1. The first-order valence-corrected chi connectivity index (χ1v) is 11.4. The number of sulfone groups is 1. The number of carbonyl (C=O) groups is 1. The van der Waals surface area contributed by atoms with E-state index in [1.54, 1.807) is 19.0 Å². The molecule has 10 heteroatoms. The van der Waals surface area contributed by atoms with E-state index >= 15 is 0 Å². The first kappa shape index (κ1) is 27.6. The van der Waals surface area contributed by atoms with Crippen LogP contribution in [0.3, 0.4) is 0 Å². The van der Waals surface area contributed by atoms with Gasteiger partial charge in [-0.1, -0.05) is 12.1 Å². The summed E-state index contributed by atoms with van der Waals surface area (Å²) in [6.45, 7) is 4.36. The lowest BCUT2D eigenvalue weighted by molar-refractivity contribution is 0.0827. The van der Waals surface area contributed by atoms with Gasteiger partial charge in [-0.3, -0.25) is 9.79 Å². The number of benzene rings is 1. The van der Waals surface area contributed by atoms with Crippen molar-refractivity contribution in [3.8, 4) is 0 Å². The molecule has 0 aromatic heterocycles. The topological polar surface area (TPSA) is 100 Å². The van der Waals surface area contributed by atoms with Crippen LogP contribution in [0.15, 0.2) is 29.3 Å². The third-order valence-electron chi connectivity index (χ3n) is 3.73. The standard InChI is InChI=1S/C19H32N4O4S.HI/c1-5-20-19(22-11-12-27-13-14-28(4,25)26)21-10-9-16-7-6-8-17(15-16)18(24)23(2)3;/h6-8,15H,5,9-14H2,1-4H3,(H2,20,21,22);1H. The summed E-state index contributed by atoms with van der Waals surface area (Å²) in [5, 5.41) is 6.40. The summed E-state index contributed by atoms with van der Waals surface area (Å²) in [6.07, 6.45) is 1.94. The van der Waals surface area contributed by atoms with E-state index in [0.717, 1.165) is 18.5 Å². The normalized spacial score (nSPS) is 11.5. The van der Waals surface area contributed by atoms with E-state index in [-0.39, 0.29) is 42.2 Å². The van der Waals surface area contributed by atoms with Crippen LogP contribution in [-0.4, -0.2) is 84.1 Å². The second-order valence-electron chi connectivity index (χ2n) is 6.58. The Bertz CT molecular complexity index is 754. The molecule has 0 bridgehead atoms. The van der Waals surface area contributed by atoms with Crippen LogP contribution < -0.4 is 10.6 Å². The van der Waals surface area contributed by atoms with E-state index in [4.69, 9.17) is 4.74 Å². The lowest BCUT2D eigenvalue weighted by atomic mass is 10.1. The van der Waals surface area contributed by atoms with Crippen molar-refractivity contribution >= 4 is 45.7 Å². The maximum Gasteiger partial charge on any atom is 0.253 e. The number of ether oxygens (including phenoxy) is 1. The van der Waals surface area contributed by atoms with Crippen LogP contribution in [-0.2, 0) is 21.0 Å². The minimum absolute atomic E-state index is 0. The average molecular weight is 540 g/mol. The fraction of sp³-hybridized carbons (Fsp3) is 0.579. The van der Waals surface area contributed by atoms with Crippen molar-refractivity contribution in [3.05, 3.63) is 35.4 Å². The van der Waals surface area contributed by atoms with E-state index in [1.807, 2.05) is 31.2 Å². The molecule has 0 aliphatic heterocycles. The van der Waals surface area contributed by atoms with Crippen molar-refractivity contribution in [1.29, 1.82) is 0 Å². The van der Waals surface area contributed by atoms with E-state index in [0.29, 0.717) is 31.2 Å². The van der Waals surface area contributed by atoms with Gasteiger partial charge in [0.1, 0.15) is 9.84 Å². The summed E-state index contributed by atoms with van der Waals surface area (Å²) in [5.41, 5.74) is 1.74. The third kappa shape index (κ3) is 12.7. The largest absolute Gasteiger partial charge is 0.378 e. The van der Waals surface area contributed by atoms with Crippen molar-refractivity contribution in [2.75, 3.05) is 59.0 Å². The Morgan fingerprint density at radius 2 is 1.93 bits per heavy atom. The van der Waals surface area contributed by atoms with Crippen LogP contribution in [0.1, 0.15) is 22.8 Å². The van der Waals surface area contributed by atoms with Gasteiger partial charge in [0.05, 0.1) is 25.5 Å². The molecule has 0 heterocycles. The van der Waals surface area contributed by atoms with E-state index < -0.39 is 9.84 Å². The highest BCUT2D eigenvalue weighted by atomic mass is 127. The van der Waals surface area contributed by atoms with Crippen molar-refractivity contribution < 1.29 is 17.9 Å². The minimum atomic E-state index is -3.00. The summed E-state index contributed by atoms with van der Waals surface area (Å²) in [5.74, 6) is 0.681. The lowest BCUT2D eigenvalue weighted by Gasteiger charge is -2.13. The highest BCUT2D eigenvalue weighted by Crippen LogP contribution is 2.07. The summed E-state index contributed by atoms with van der Waals surface area (Å²) in [6, 6.07) is 7.60. The van der Waals surface area contributed by atoms with Gasteiger partial charge in [-0.2, -0.15) is 0 Å². The number of guanidine groups is 1. The molecule has 1 aromatic rings. The van der Waals surface area contributed by atoms with Crippen LogP contribution >= 0.6 is 24.0 Å². The molecular weight excluding hydrogens is 507 g/mol. The van der Waals surface area contributed by atoms with E-state index in [2.05, 4.69) is 15.6 Å². The molecule has 0 atom stereocenters. The molecule has 0 saturated heterocycles. The molecule has 0 unspecified atom stereocenters. The van der Waals surface area contributed by atoms with Crippen molar-refractivity contribution in [2.24, 2.45) is 4.99 Å². The Kier molecular flexibility index (Phi) is 13.9. The fourth-order valence-corrected chi connectivity index (χ4v) is 2.74. The molecular formula is C19H33IN4O4S. The first-order valence-electron chi connectivity index (χ1n) is 9.31. The third-order valence-corrected chi connectivity index (χ3v) is 4.64. The SMILES string of the molecule is CCNC(=NCCOCCS(C)(=O)=O)NCCc1cccc(C(=O)N(C)C)c1.I. The van der Waals surface area contributed by atoms with Crippen LogP contribution in [0.5, 0.6) is 0 Å².